The number of carbonyl (C=O) groups excluding carboxylic acids is 1. The molecule has 1 fully saturated rings. The van der Waals surface area contributed by atoms with Crippen molar-refractivity contribution in [1.29, 1.82) is 5.26 Å². The Bertz CT molecular complexity index is 884. The highest BCUT2D eigenvalue weighted by Gasteiger charge is 2.39. The highest BCUT2D eigenvalue weighted by molar-refractivity contribution is 5.74. The summed E-state index contributed by atoms with van der Waals surface area (Å²) in [5.41, 5.74) is 3.89. The molecule has 0 spiro atoms. The Balaban J connectivity index is 1.49. The van der Waals surface area contributed by atoms with E-state index in [4.69, 9.17) is 14.7 Å². The largest absolute Gasteiger partial charge is 0.445 e. The summed E-state index contributed by atoms with van der Waals surface area (Å²) in [6.07, 6.45) is 2.50. The van der Waals surface area contributed by atoms with E-state index in [9.17, 15) is 4.79 Å². The summed E-state index contributed by atoms with van der Waals surface area (Å²) >= 11 is 0. The van der Waals surface area contributed by atoms with E-state index in [2.05, 4.69) is 12.1 Å². The minimum atomic E-state index is -0.299. The lowest BCUT2D eigenvalue weighted by atomic mass is 9.90. The van der Waals surface area contributed by atoms with Crippen molar-refractivity contribution in [3.05, 3.63) is 77.4 Å². The standard InChI is InChI=1S/C22H20N2O3/c23-12-16-6-8-18(9-7-16)19-10-20-14-26-15-21(11-19)24(20)22(25)27-13-17-4-2-1-3-5-17/h1-10,20-21H,11,13-15H2. The van der Waals surface area contributed by atoms with Gasteiger partial charge in [-0.15, -0.1) is 0 Å². The van der Waals surface area contributed by atoms with Gasteiger partial charge in [0.1, 0.15) is 6.61 Å². The summed E-state index contributed by atoms with van der Waals surface area (Å²) in [5.74, 6) is 0. The maximum atomic E-state index is 12.7. The lowest BCUT2D eigenvalue weighted by Crippen LogP contribution is -2.56. The van der Waals surface area contributed by atoms with Gasteiger partial charge in [-0.05, 0) is 35.3 Å². The van der Waals surface area contributed by atoms with Crippen LogP contribution >= 0.6 is 0 Å². The first kappa shape index (κ1) is 17.3. The van der Waals surface area contributed by atoms with Gasteiger partial charge in [-0.3, -0.25) is 4.90 Å². The molecule has 2 aromatic carbocycles. The summed E-state index contributed by atoms with van der Waals surface area (Å²) < 4.78 is 11.2. The molecule has 1 saturated heterocycles. The quantitative estimate of drug-likeness (QED) is 0.836. The molecule has 27 heavy (non-hydrogen) atoms. The Morgan fingerprint density at radius 2 is 1.93 bits per heavy atom. The lowest BCUT2D eigenvalue weighted by Gasteiger charge is -2.43. The topological polar surface area (TPSA) is 62.6 Å². The highest BCUT2D eigenvalue weighted by atomic mass is 16.6. The van der Waals surface area contributed by atoms with Crippen molar-refractivity contribution in [3.8, 4) is 6.07 Å². The van der Waals surface area contributed by atoms with Crippen molar-refractivity contribution in [3.63, 3.8) is 0 Å². The van der Waals surface area contributed by atoms with E-state index in [1.165, 1.54) is 5.57 Å². The molecule has 2 aliphatic rings. The third-order valence-corrected chi connectivity index (χ3v) is 5.00. The smallest absolute Gasteiger partial charge is 0.411 e. The molecule has 0 radical (unpaired) electrons. The summed E-state index contributed by atoms with van der Waals surface area (Å²) in [6, 6.07) is 19.2. The lowest BCUT2D eigenvalue weighted by molar-refractivity contribution is -0.0342. The van der Waals surface area contributed by atoms with Crippen LogP contribution < -0.4 is 0 Å². The number of fused-ring (bicyclic) bond motifs is 2. The molecule has 0 aliphatic carbocycles. The third kappa shape index (κ3) is 3.71. The van der Waals surface area contributed by atoms with Crippen LogP contribution in [0.15, 0.2) is 60.7 Å². The van der Waals surface area contributed by atoms with Crippen molar-refractivity contribution >= 4 is 11.7 Å². The van der Waals surface area contributed by atoms with Crippen LogP contribution in [-0.4, -0.2) is 36.3 Å². The van der Waals surface area contributed by atoms with Gasteiger partial charge in [0.15, 0.2) is 0 Å². The predicted octanol–water partition coefficient (Wildman–Crippen LogP) is 3.75. The van der Waals surface area contributed by atoms with E-state index < -0.39 is 0 Å². The maximum absolute atomic E-state index is 12.7. The number of morpholine rings is 1. The minimum absolute atomic E-state index is 0.0392. The van der Waals surface area contributed by atoms with Crippen molar-refractivity contribution in [2.75, 3.05) is 13.2 Å². The first-order chi connectivity index (χ1) is 13.2. The zero-order valence-electron chi connectivity index (χ0n) is 14.9. The van der Waals surface area contributed by atoms with Crippen molar-refractivity contribution in [2.45, 2.75) is 25.1 Å². The summed E-state index contributed by atoms with van der Waals surface area (Å²) in [5, 5.41) is 8.96. The number of benzene rings is 2. The summed E-state index contributed by atoms with van der Waals surface area (Å²) in [6.45, 7) is 1.24. The molecule has 136 valence electrons. The Morgan fingerprint density at radius 3 is 2.63 bits per heavy atom. The molecular formula is C22H20N2O3. The van der Waals surface area contributed by atoms with Crippen LogP contribution in [0.4, 0.5) is 4.79 Å². The van der Waals surface area contributed by atoms with Crippen LogP contribution in [0.1, 0.15) is 23.1 Å². The summed E-state index contributed by atoms with van der Waals surface area (Å²) in [7, 11) is 0. The van der Waals surface area contributed by atoms with Gasteiger partial charge in [-0.1, -0.05) is 48.5 Å². The second kappa shape index (κ2) is 7.65. The number of rotatable bonds is 3. The van der Waals surface area contributed by atoms with Crippen molar-refractivity contribution in [1.82, 2.24) is 4.90 Å². The number of nitriles is 1. The second-order valence-corrected chi connectivity index (χ2v) is 6.79. The fourth-order valence-electron chi connectivity index (χ4n) is 3.65. The highest BCUT2D eigenvalue weighted by Crippen LogP contribution is 2.33. The normalized spacial score (nSPS) is 21.1. The SMILES string of the molecule is N#Cc1ccc(C2=CC3COCC(C2)N3C(=O)OCc2ccccc2)cc1. The fourth-order valence-corrected chi connectivity index (χ4v) is 3.65. The van der Waals surface area contributed by atoms with Crippen molar-refractivity contribution < 1.29 is 14.3 Å². The molecule has 0 aromatic heterocycles. The average molecular weight is 360 g/mol. The van der Waals surface area contributed by atoms with Crippen LogP contribution in [0.5, 0.6) is 0 Å². The minimum Gasteiger partial charge on any atom is -0.445 e. The molecule has 0 saturated carbocycles. The van der Waals surface area contributed by atoms with Gasteiger partial charge in [0.25, 0.3) is 0 Å². The third-order valence-electron chi connectivity index (χ3n) is 5.00. The average Bonchev–Trinajstić information content (AvgIpc) is 2.72. The monoisotopic (exact) mass is 360 g/mol. The molecule has 2 unspecified atom stereocenters. The van der Waals surface area contributed by atoms with E-state index >= 15 is 0 Å². The molecule has 4 rings (SSSR count). The number of nitrogens with zero attached hydrogens (tertiary/aromatic N) is 2. The van der Waals surface area contributed by atoms with Crippen LogP contribution in [0.2, 0.25) is 0 Å². The van der Waals surface area contributed by atoms with E-state index in [-0.39, 0.29) is 24.8 Å². The number of hydrogen-bond acceptors (Lipinski definition) is 4. The molecule has 1 amide bonds. The zero-order chi connectivity index (χ0) is 18.6. The number of hydrogen-bond donors (Lipinski definition) is 0. The van der Waals surface area contributed by atoms with E-state index in [0.717, 1.165) is 11.1 Å². The Kier molecular flexibility index (Phi) is 4.91. The zero-order valence-corrected chi connectivity index (χ0v) is 14.9. The van der Waals surface area contributed by atoms with Gasteiger partial charge in [0, 0.05) is 0 Å². The molecule has 2 atom stereocenters. The van der Waals surface area contributed by atoms with Crippen LogP contribution in [0.3, 0.4) is 0 Å². The number of amides is 1. The van der Waals surface area contributed by atoms with Gasteiger partial charge in [0.05, 0.1) is 36.9 Å². The molecule has 2 heterocycles. The Labute approximate surface area is 158 Å². The van der Waals surface area contributed by atoms with Gasteiger partial charge in [-0.25, -0.2) is 4.79 Å². The fraction of sp³-hybridized carbons (Fsp3) is 0.273. The number of ether oxygens (including phenoxy) is 2. The van der Waals surface area contributed by atoms with E-state index in [1.54, 1.807) is 4.90 Å². The van der Waals surface area contributed by atoms with Crippen molar-refractivity contribution in [2.24, 2.45) is 0 Å². The Morgan fingerprint density at radius 1 is 1.15 bits per heavy atom. The van der Waals surface area contributed by atoms with E-state index in [1.807, 2.05) is 54.6 Å². The first-order valence-corrected chi connectivity index (χ1v) is 9.02. The molecule has 5 nitrogen and oxygen atoms in total. The molecule has 5 heteroatoms. The molecule has 2 aliphatic heterocycles. The predicted molar refractivity (Wildman–Crippen MR) is 101 cm³/mol. The maximum Gasteiger partial charge on any atom is 0.411 e. The summed E-state index contributed by atoms with van der Waals surface area (Å²) in [4.78, 5) is 14.5. The molecule has 2 bridgehead atoms. The van der Waals surface area contributed by atoms with Gasteiger partial charge >= 0.3 is 6.09 Å². The van der Waals surface area contributed by atoms with Crippen LogP contribution in [0, 0.1) is 11.3 Å². The molecular weight excluding hydrogens is 340 g/mol. The van der Waals surface area contributed by atoms with Gasteiger partial charge in [-0.2, -0.15) is 5.26 Å². The van der Waals surface area contributed by atoms with Crippen LogP contribution in [-0.2, 0) is 16.1 Å². The van der Waals surface area contributed by atoms with Gasteiger partial charge in [0.2, 0.25) is 0 Å². The first-order valence-electron chi connectivity index (χ1n) is 9.02. The van der Waals surface area contributed by atoms with E-state index in [0.29, 0.717) is 25.2 Å². The van der Waals surface area contributed by atoms with Crippen LogP contribution in [0.25, 0.3) is 5.57 Å². The second-order valence-electron chi connectivity index (χ2n) is 6.79. The molecule has 0 N–H and O–H groups in total. The van der Waals surface area contributed by atoms with Gasteiger partial charge < -0.3 is 9.47 Å². The molecule has 2 aromatic rings. The Hall–Kier alpha value is -3.10. The number of carbonyl (C=O) groups is 1.